The summed E-state index contributed by atoms with van der Waals surface area (Å²) in [4.78, 5) is 11.2. The summed E-state index contributed by atoms with van der Waals surface area (Å²) in [5.74, 6) is 0.188. The average Bonchev–Trinajstić information content (AvgIpc) is 2.38. The normalized spacial score (nSPS) is 11.9. The molecule has 3 N–H and O–H groups in total. The van der Waals surface area contributed by atoms with Crippen molar-refractivity contribution >= 4 is 5.97 Å². The van der Waals surface area contributed by atoms with Crippen LogP contribution in [0.2, 0.25) is 0 Å². The van der Waals surface area contributed by atoms with Crippen molar-refractivity contribution in [2.75, 3.05) is 19.8 Å². The fraction of sp³-hybridized carbons (Fsp3) is 0.462. The summed E-state index contributed by atoms with van der Waals surface area (Å²) in [5.41, 5.74) is 6.54. The first-order chi connectivity index (χ1) is 8.67. The molecule has 0 heterocycles. The Morgan fingerprint density at radius 1 is 1.44 bits per heavy atom. The number of aliphatic hydroxyl groups is 1. The second-order valence-corrected chi connectivity index (χ2v) is 3.85. The van der Waals surface area contributed by atoms with Gasteiger partial charge in [-0.2, -0.15) is 0 Å². The van der Waals surface area contributed by atoms with E-state index in [1.165, 1.54) is 0 Å². The summed E-state index contributed by atoms with van der Waals surface area (Å²) in [5, 5.41) is 8.94. The third-order valence-electron chi connectivity index (χ3n) is 2.34. The molecule has 1 aromatic carbocycles. The first-order valence-electron chi connectivity index (χ1n) is 5.90. The van der Waals surface area contributed by atoms with E-state index in [2.05, 4.69) is 0 Å². The van der Waals surface area contributed by atoms with Crippen molar-refractivity contribution in [2.45, 2.75) is 19.4 Å². The molecule has 5 nitrogen and oxygen atoms in total. The van der Waals surface area contributed by atoms with Crippen LogP contribution in [-0.4, -0.2) is 36.9 Å². The number of hydrogen-bond donors (Lipinski definition) is 2. The van der Waals surface area contributed by atoms with Gasteiger partial charge in [0.1, 0.15) is 5.75 Å². The lowest BCUT2D eigenvalue weighted by atomic mass is 10.1. The molecule has 0 saturated carbocycles. The van der Waals surface area contributed by atoms with Crippen molar-refractivity contribution in [1.82, 2.24) is 0 Å². The summed E-state index contributed by atoms with van der Waals surface area (Å²) >= 11 is 0. The van der Waals surface area contributed by atoms with Crippen LogP contribution in [0.1, 0.15) is 12.5 Å². The van der Waals surface area contributed by atoms with Gasteiger partial charge in [0.2, 0.25) is 0 Å². The van der Waals surface area contributed by atoms with Gasteiger partial charge >= 0.3 is 5.97 Å². The Kier molecular flexibility index (Phi) is 6.18. The highest BCUT2D eigenvalue weighted by molar-refractivity contribution is 5.71. The molecule has 100 valence electrons. The van der Waals surface area contributed by atoms with E-state index in [1.807, 2.05) is 18.2 Å². The number of nitrogens with two attached hydrogens (primary N) is 1. The molecule has 1 unspecified atom stereocenters. The van der Waals surface area contributed by atoms with Crippen LogP contribution >= 0.6 is 0 Å². The molecule has 5 heteroatoms. The van der Waals surface area contributed by atoms with Gasteiger partial charge in [-0.25, -0.2) is 4.79 Å². The molecule has 0 aliphatic rings. The first-order valence-corrected chi connectivity index (χ1v) is 5.90. The number of rotatable bonds is 7. The standard InChI is InChI=1S/C13H19NO4/c1-2-17-13(16)9-18-12-6-4-3-5-10(12)7-11(14)8-15/h3-6,11,15H,2,7-9,14H2,1H3. The van der Waals surface area contributed by atoms with Crippen LogP contribution in [0.5, 0.6) is 5.75 Å². The summed E-state index contributed by atoms with van der Waals surface area (Å²) in [6.45, 7) is 1.86. The van der Waals surface area contributed by atoms with Gasteiger partial charge in [-0.15, -0.1) is 0 Å². The maximum absolute atomic E-state index is 11.2. The lowest BCUT2D eigenvalue weighted by Crippen LogP contribution is -2.27. The van der Waals surface area contributed by atoms with Gasteiger partial charge in [0.25, 0.3) is 0 Å². The third kappa shape index (κ3) is 4.73. The number of aliphatic hydroxyl groups excluding tert-OH is 1. The lowest BCUT2D eigenvalue weighted by Gasteiger charge is -2.13. The lowest BCUT2D eigenvalue weighted by molar-refractivity contribution is -0.145. The number of esters is 1. The maximum Gasteiger partial charge on any atom is 0.344 e. The average molecular weight is 253 g/mol. The van der Waals surface area contributed by atoms with Crippen LogP contribution in [0.3, 0.4) is 0 Å². The molecule has 0 radical (unpaired) electrons. The summed E-state index contributed by atoms with van der Waals surface area (Å²) < 4.78 is 10.2. The van der Waals surface area contributed by atoms with Crippen LogP contribution in [0.4, 0.5) is 0 Å². The van der Waals surface area contributed by atoms with Gasteiger partial charge in [0.05, 0.1) is 13.2 Å². The van der Waals surface area contributed by atoms with Gasteiger partial charge < -0.3 is 20.3 Å². The van der Waals surface area contributed by atoms with Gasteiger partial charge in [-0.1, -0.05) is 18.2 Å². The molecular formula is C13H19NO4. The minimum Gasteiger partial charge on any atom is -0.482 e. The largest absolute Gasteiger partial charge is 0.482 e. The molecule has 0 aliphatic carbocycles. The fourth-order valence-corrected chi connectivity index (χ4v) is 1.50. The van der Waals surface area contributed by atoms with Crippen molar-refractivity contribution in [1.29, 1.82) is 0 Å². The molecule has 18 heavy (non-hydrogen) atoms. The summed E-state index contributed by atoms with van der Waals surface area (Å²) in [7, 11) is 0. The maximum atomic E-state index is 11.2. The summed E-state index contributed by atoms with van der Waals surface area (Å²) in [6.07, 6.45) is 0.496. The highest BCUT2D eigenvalue weighted by Crippen LogP contribution is 2.19. The Bertz CT molecular complexity index is 381. The highest BCUT2D eigenvalue weighted by atomic mass is 16.6. The molecule has 0 saturated heterocycles. The highest BCUT2D eigenvalue weighted by Gasteiger charge is 2.09. The topological polar surface area (TPSA) is 81.8 Å². The van der Waals surface area contributed by atoms with E-state index < -0.39 is 5.97 Å². The smallest absolute Gasteiger partial charge is 0.344 e. The number of carbonyl (C=O) groups excluding carboxylic acids is 1. The number of para-hydroxylation sites is 1. The summed E-state index contributed by atoms with van der Waals surface area (Å²) in [6, 6.07) is 6.96. The molecule has 0 fully saturated rings. The Balaban J connectivity index is 2.61. The predicted molar refractivity (Wildman–Crippen MR) is 67.3 cm³/mol. The molecule has 0 spiro atoms. The second-order valence-electron chi connectivity index (χ2n) is 3.85. The molecular weight excluding hydrogens is 234 g/mol. The van der Waals surface area contributed by atoms with E-state index in [1.54, 1.807) is 13.0 Å². The Labute approximate surface area is 107 Å². The Morgan fingerprint density at radius 3 is 2.83 bits per heavy atom. The minimum absolute atomic E-state index is 0.0911. The zero-order valence-corrected chi connectivity index (χ0v) is 10.5. The third-order valence-corrected chi connectivity index (χ3v) is 2.34. The number of hydrogen-bond acceptors (Lipinski definition) is 5. The van der Waals surface area contributed by atoms with Crippen LogP contribution in [0, 0.1) is 0 Å². The van der Waals surface area contributed by atoms with Gasteiger partial charge in [0.15, 0.2) is 6.61 Å². The van der Waals surface area contributed by atoms with Crippen molar-refractivity contribution < 1.29 is 19.4 Å². The molecule has 0 bridgehead atoms. The Hall–Kier alpha value is -1.59. The fourth-order valence-electron chi connectivity index (χ4n) is 1.50. The van der Waals surface area contributed by atoms with Crippen molar-refractivity contribution in [3.63, 3.8) is 0 Å². The van der Waals surface area contributed by atoms with Crippen molar-refractivity contribution in [3.05, 3.63) is 29.8 Å². The minimum atomic E-state index is -0.404. The number of benzene rings is 1. The zero-order chi connectivity index (χ0) is 13.4. The first kappa shape index (κ1) is 14.5. The Morgan fingerprint density at radius 2 is 2.17 bits per heavy atom. The van der Waals surface area contributed by atoms with E-state index in [9.17, 15) is 4.79 Å². The van der Waals surface area contributed by atoms with Crippen LogP contribution in [0.15, 0.2) is 24.3 Å². The van der Waals surface area contributed by atoms with Gasteiger partial charge in [0, 0.05) is 6.04 Å². The molecule has 1 atom stereocenters. The molecule has 0 aromatic heterocycles. The molecule has 0 amide bonds. The monoisotopic (exact) mass is 253 g/mol. The molecule has 1 aromatic rings. The second kappa shape index (κ2) is 7.68. The van der Waals surface area contributed by atoms with Gasteiger partial charge in [-0.3, -0.25) is 0 Å². The SMILES string of the molecule is CCOC(=O)COc1ccccc1CC(N)CO. The van der Waals surface area contributed by atoms with Crippen molar-refractivity contribution in [2.24, 2.45) is 5.73 Å². The van der Waals surface area contributed by atoms with E-state index in [0.717, 1.165) is 5.56 Å². The number of ether oxygens (including phenoxy) is 2. The number of carbonyl (C=O) groups is 1. The van der Waals surface area contributed by atoms with E-state index in [0.29, 0.717) is 18.8 Å². The van der Waals surface area contributed by atoms with Gasteiger partial charge in [-0.05, 0) is 25.0 Å². The quantitative estimate of drug-likeness (QED) is 0.691. The molecule has 0 aliphatic heterocycles. The van der Waals surface area contributed by atoms with E-state index in [-0.39, 0.29) is 19.3 Å². The predicted octanol–water partition coefficient (Wildman–Crippen LogP) is 0.491. The van der Waals surface area contributed by atoms with E-state index in [4.69, 9.17) is 20.3 Å². The molecule has 1 rings (SSSR count). The van der Waals surface area contributed by atoms with Crippen molar-refractivity contribution in [3.8, 4) is 5.75 Å². The van der Waals surface area contributed by atoms with Crippen LogP contribution in [-0.2, 0) is 16.0 Å². The zero-order valence-electron chi connectivity index (χ0n) is 10.5. The van der Waals surface area contributed by atoms with Crippen LogP contribution in [0.25, 0.3) is 0 Å². The van der Waals surface area contributed by atoms with E-state index >= 15 is 0 Å². The van der Waals surface area contributed by atoms with Crippen LogP contribution < -0.4 is 10.5 Å².